The van der Waals surface area contributed by atoms with Crippen molar-refractivity contribution in [1.82, 2.24) is 30.1 Å². The third-order valence-corrected chi connectivity index (χ3v) is 6.97. The predicted octanol–water partition coefficient (Wildman–Crippen LogP) is 3.06. The molecule has 1 aliphatic heterocycles. The number of nitrogens with one attached hydrogen (secondary N) is 1. The monoisotopic (exact) mass is 422 g/mol. The summed E-state index contributed by atoms with van der Waals surface area (Å²) in [6, 6.07) is 6.22. The van der Waals surface area contributed by atoms with Crippen LogP contribution in [0.5, 0.6) is 0 Å². The Balaban J connectivity index is 1.65. The second-order valence-corrected chi connectivity index (χ2v) is 8.85. The van der Waals surface area contributed by atoms with E-state index in [1.807, 2.05) is 10.7 Å². The molecular formula is C23H30N6O2. The van der Waals surface area contributed by atoms with Gasteiger partial charge in [-0.1, -0.05) is 31.4 Å². The average Bonchev–Trinajstić information content (AvgIpc) is 3.28. The summed E-state index contributed by atoms with van der Waals surface area (Å²) in [7, 11) is 0. The van der Waals surface area contributed by atoms with Crippen LogP contribution < -0.4 is 5.56 Å². The van der Waals surface area contributed by atoms with Crippen LogP contribution in [-0.4, -0.2) is 56.4 Å². The van der Waals surface area contributed by atoms with Crippen LogP contribution in [-0.2, 0) is 4.74 Å². The van der Waals surface area contributed by atoms with Gasteiger partial charge in [-0.05, 0) is 59.7 Å². The first-order valence-corrected chi connectivity index (χ1v) is 11.4. The summed E-state index contributed by atoms with van der Waals surface area (Å²) >= 11 is 0. The molecular weight excluding hydrogens is 392 g/mol. The molecule has 0 unspecified atom stereocenters. The van der Waals surface area contributed by atoms with Gasteiger partial charge in [-0.2, -0.15) is 0 Å². The molecule has 1 aliphatic carbocycles. The van der Waals surface area contributed by atoms with Gasteiger partial charge in [0.15, 0.2) is 5.82 Å². The van der Waals surface area contributed by atoms with Gasteiger partial charge in [-0.3, -0.25) is 9.69 Å². The minimum atomic E-state index is -0.296. The third-order valence-electron chi connectivity index (χ3n) is 6.97. The van der Waals surface area contributed by atoms with Crippen LogP contribution in [0, 0.1) is 13.8 Å². The van der Waals surface area contributed by atoms with E-state index in [1.54, 1.807) is 0 Å². The molecule has 3 heterocycles. The lowest BCUT2D eigenvalue weighted by Crippen LogP contribution is -2.42. The van der Waals surface area contributed by atoms with Gasteiger partial charge in [0, 0.05) is 18.7 Å². The first-order chi connectivity index (χ1) is 15.1. The summed E-state index contributed by atoms with van der Waals surface area (Å²) in [6.45, 7) is 6.89. The van der Waals surface area contributed by atoms with E-state index in [9.17, 15) is 4.79 Å². The smallest absolute Gasteiger partial charge is 0.253 e. The quantitative estimate of drug-likeness (QED) is 0.695. The van der Waals surface area contributed by atoms with Crippen LogP contribution in [0.4, 0.5) is 0 Å². The Hall–Kier alpha value is -2.58. The Kier molecular flexibility index (Phi) is 5.58. The second-order valence-electron chi connectivity index (χ2n) is 8.85. The molecule has 0 amide bonds. The molecule has 8 nitrogen and oxygen atoms in total. The van der Waals surface area contributed by atoms with E-state index in [4.69, 9.17) is 4.74 Å². The third kappa shape index (κ3) is 3.78. The molecule has 1 aromatic carbocycles. The standard InChI is InChI=1S/C23H30N6O2/c1-15-8-9-17-14-19(23(30)24-20(17)16(15)2)21(28-10-12-31-13-11-28)22-25-26-27-29(22)18-6-4-3-5-7-18/h8-9,14,18,21H,3-7,10-13H2,1-2H3,(H,24,30)/t21-/m0/s1. The number of aromatic amines is 1. The molecule has 1 atom stereocenters. The van der Waals surface area contributed by atoms with Crippen LogP contribution in [0.1, 0.15) is 66.7 Å². The molecule has 0 bridgehead atoms. The number of rotatable bonds is 4. The van der Waals surface area contributed by atoms with Crippen molar-refractivity contribution in [3.05, 3.63) is 51.1 Å². The van der Waals surface area contributed by atoms with Crippen LogP contribution in [0.3, 0.4) is 0 Å². The minimum absolute atomic E-state index is 0.0733. The Bertz CT molecular complexity index is 1120. The molecule has 5 rings (SSSR count). The van der Waals surface area contributed by atoms with Crippen molar-refractivity contribution < 1.29 is 4.74 Å². The van der Waals surface area contributed by atoms with Gasteiger partial charge >= 0.3 is 0 Å². The van der Waals surface area contributed by atoms with Crippen molar-refractivity contribution in [2.75, 3.05) is 26.3 Å². The van der Waals surface area contributed by atoms with E-state index in [2.05, 4.69) is 51.4 Å². The van der Waals surface area contributed by atoms with Gasteiger partial charge in [0.25, 0.3) is 5.56 Å². The van der Waals surface area contributed by atoms with Crippen molar-refractivity contribution in [3.8, 4) is 0 Å². The number of H-pyrrole nitrogens is 1. The Morgan fingerprint density at radius 3 is 2.68 bits per heavy atom. The van der Waals surface area contributed by atoms with Gasteiger partial charge in [-0.25, -0.2) is 4.68 Å². The van der Waals surface area contributed by atoms with E-state index in [0.29, 0.717) is 24.8 Å². The van der Waals surface area contributed by atoms with Crippen LogP contribution in [0.15, 0.2) is 23.0 Å². The molecule has 31 heavy (non-hydrogen) atoms. The maximum atomic E-state index is 13.4. The normalized spacial score (nSPS) is 19.7. The van der Waals surface area contributed by atoms with Crippen molar-refractivity contribution >= 4 is 10.9 Å². The zero-order valence-electron chi connectivity index (χ0n) is 18.3. The Labute approximate surface area is 181 Å². The number of nitrogens with zero attached hydrogens (tertiary/aromatic N) is 5. The number of hydrogen-bond donors (Lipinski definition) is 1. The summed E-state index contributed by atoms with van der Waals surface area (Å²) < 4.78 is 7.58. The maximum absolute atomic E-state index is 13.4. The van der Waals surface area contributed by atoms with Crippen molar-refractivity contribution in [3.63, 3.8) is 0 Å². The molecule has 0 spiro atoms. The zero-order valence-corrected chi connectivity index (χ0v) is 18.3. The van der Waals surface area contributed by atoms with E-state index >= 15 is 0 Å². The molecule has 8 heteroatoms. The first kappa shape index (κ1) is 20.3. The summed E-state index contributed by atoms with van der Waals surface area (Å²) in [5.41, 5.74) is 3.81. The van der Waals surface area contributed by atoms with Gasteiger partial charge in [-0.15, -0.1) is 5.10 Å². The molecule has 1 saturated heterocycles. The zero-order chi connectivity index (χ0) is 21.4. The van der Waals surface area contributed by atoms with Gasteiger partial charge in [0.05, 0.1) is 24.8 Å². The van der Waals surface area contributed by atoms with Crippen molar-refractivity contribution in [2.45, 2.75) is 58.0 Å². The lowest BCUT2D eigenvalue weighted by Gasteiger charge is -2.34. The number of ether oxygens (including phenoxy) is 1. The fourth-order valence-corrected chi connectivity index (χ4v) is 5.05. The van der Waals surface area contributed by atoms with E-state index in [0.717, 1.165) is 48.2 Å². The van der Waals surface area contributed by atoms with Crippen molar-refractivity contribution in [1.29, 1.82) is 0 Å². The highest BCUT2D eigenvalue weighted by atomic mass is 16.5. The number of tetrazole rings is 1. The van der Waals surface area contributed by atoms with Crippen LogP contribution >= 0.6 is 0 Å². The number of morpholine rings is 1. The number of hydrogen-bond acceptors (Lipinski definition) is 6. The van der Waals surface area contributed by atoms with Gasteiger partial charge in [0.1, 0.15) is 6.04 Å². The fourth-order valence-electron chi connectivity index (χ4n) is 5.05. The number of benzene rings is 1. The maximum Gasteiger partial charge on any atom is 0.253 e. The first-order valence-electron chi connectivity index (χ1n) is 11.4. The molecule has 1 N–H and O–H groups in total. The predicted molar refractivity (Wildman–Crippen MR) is 118 cm³/mol. The lowest BCUT2D eigenvalue weighted by molar-refractivity contribution is 0.0209. The van der Waals surface area contributed by atoms with Crippen molar-refractivity contribution in [2.24, 2.45) is 0 Å². The number of pyridine rings is 1. The molecule has 2 aliphatic rings. The molecule has 0 radical (unpaired) electrons. The highest BCUT2D eigenvalue weighted by Gasteiger charge is 2.33. The topological polar surface area (TPSA) is 88.9 Å². The summed E-state index contributed by atoms with van der Waals surface area (Å²) in [4.78, 5) is 18.8. The molecule has 164 valence electrons. The number of aromatic nitrogens is 5. The summed E-state index contributed by atoms with van der Waals surface area (Å²) in [5.74, 6) is 0.766. The number of aryl methyl sites for hydroxylation is 2. The van der Waals surface area contributed by atoms with Crippen LogP contribution in [0.25, 0.3) is 10.9 Å². The molecule has 2 fully saturated rings. The largest absolute Gasteiger partial charge is 0.379 e. The van der Waals surface area contributed by atoms with E-state index < -0.39 is 0 Å². The Morgan fingerprint density at radius 1 is 1.13 bits per heavy atom. The number of fused-ring (bicyclic) bond motifs is 1. The van der Waals surface area contributed by atoms with Gasteiger partial charge in [0.2, 0.25) is 0 Å². The average molecular weight is 423 g/mol. The molecule has 2 aromatic heterocycles. The minimum Gasteiger partial charge on any atom is -0.379 e. The fraction of sp³-hybridized carbons (Fsp3) is 0.565. The Morgan fingerprint density at radius 2 is 1.90 bits per heavy atom. The SMILES string of the molecule is Cc1ccc2cc([C@@H](c3nnnn3C3CCCCC3)N3CCOCC3)c(=O)[nH]c2c1C. The molecule has 3 aromatic rings. The lowest BCUT2D eigenvalue weighted by atomic mass is 9.95. The highest BCUT2D eigenvalue weighted by molar-refractivity contribution is 5.83. The highest BCUT2D eigenvalue weighted by Crippen LogP contribution is 2.33. The van der Waals surface area contributed by atoms with E-state index in [1.165, 1.54) is 24.8 Å². The summed E-state index contributed by atoms with van der Waals surface area (Å²) in [5, 5.41) is 13.9. The van der Waals surface area contributed by atoms with Gasteiger partial charge < -0.3 is 9.72 Å². The van der Waals surface area contributed by atoms with E-state index in [-0.39, 0.29) is 11.6 Å². The second kappa shape index (κ2) is 8.51. The summed E-state index contributed by atoms with van der Waals surface area (Å²) in [6.07, 6.45) is 5.83. The molecule has 1 saturated carbocycles. The van der Waals surface area contributed by atoms with Crippen LogP contribution in [0.2, 0.25) is 0 Å².